The van der Waals surface area contributed by atoms with Crippen molar-refractivity contribution in [3.8, 4) is 17.1 Å². The Balaban J connectivity index is 1.63. The molecule has 3 aromatic rings. The number of halogens is 4. The molecule has 196 valence electrons. The molecule has 1 saturated heterocycles. The fourth-order valence-corrected chi connectivity index (χ4v) is 4.92. The molecule has 1 aromatic carbocycles. The highest BCUT2D eigenvalue weighted by molar-refractivity contribution is 5.88. The molecule has 1 aliphatic rings. The molecule has 0 spiro atoms. The first-order chi connectivity index (χ1) is 17.6. The van der Waals surface area contributed by atoms with Crippen LogP contribution in [0.5, 0.6) is 5.88 Å². The van der Waals surface area contributed by atoms with E-state index in [1.54, 1.807) is 32.2 Å². The van der Waals surface area contributed by atoms with Crippen molar-refractivity contribution in [3.05, 3.63) is 71.3 Å². The van der Waals surface area contributed by atoms with Crippen molar-refractivity contribution in [1.82, 2.24) is 15.3 Å². The molecule has 1 aliphatic heterocycles. The number of likely N-dealkylation sites (N-methyl/N-ethyl adjacent to an activating group) is 1. The fraction of sp³-hybridized carbons (Fsp3) is 0.370. The van der Waals surface area contributed by atoms with Gasteiger partial charge in [-0.25, -0.2) is 9.37 Å². The molecule has 1 N–H and O–H groups in total. The van der Waals surface area contributed by atoms with E-state index >= 15 is 4.39 Å². The van der Waals surface area contributed by atoms with Gasteiger partial charge in [0, 0.05) is 38.2 Å². The second-order valence-corrected chi connectivity index (χ2v) is 8.99. The number of piperidine rings is 1. The first-order valence-electron chi connectivity index (χ1n) is 12.0. The average molecular weight is 517 g/mol. The molecule has 0 radical (unpaired) electrons. The highest BCUT2D eigenvalue weighted by Crippen LogP contribution is 2.40. The van der Waals surface area contributed by atoms with E-state index in [1.807, 2.05) is 4.90 Å². The van der Waals surface area contributed by atoms with Crippen LogP contribution in [-0.2, 0) is 16.4 Å². The predicted molar refractivity (Wildman–Crippen MR) is 132 cm³/mol. The fourth-order valence-electron chi connectivity index (χ4n) is 4.92. The lowest BCUT2D eigenvalue weighted by Gasteiger charge is -2.42. The van der Waals surface area contributed by atoms with Crippen molar-refractivity contribution < 1.29 is 27.1 Å². The summed E-state index contributed by atoms with van der Waals surface area (Å²) in [7, 11) is 1.53. The third-order valence-corrected chi connectivity index (χ3v) is 6.84. The molecule has 0 bridgehead atoms. The van der Waals surface area contributed by atoms with Gasteiger partial charge in [-0.15, -0.1) is 0 Å². The average Bonchev–Trinajstić information content (AvgIpc) is 2.88. The van der Waals surface area contributed by atoms with Gasteiger partial charge in [0.2, 0.25) is 11.8 Å². The van der Waals surface area contributed by atoms with Gasteiger partial charge in [0.15, 0.2) is 0 Å². The maximum Gasteiger partial charge on any atom is 0.416 e. The number of benzene rings is 1. The molecule has 6 nitrogen and oxygen atoms in total. The SMILES string of the molecule is CCOc1ncccc1-c1ncc(C2(C(=O)NC)CCN(c3ccc(C(F)(F)F)cc3C)CC2)cc1F. The number of rotatable bonds is 6. The number of carbonyl (C=O) groups excluding carboxylic acids is 1. The zero-order chi connectivity index (χ0) is 26.8. The van der Waals surface area contributed by atoms with Crippen molar-refractivity contribution in [2.24, 2.45) is 0 Å². The molecule has 1 amide bonds. The molecule has 10 heteroatoms. The first-order valence-corrected chi connectivity index (χ1v) is 12.0. The van der Waals surface area contributed by atoms with Gasteiger partial charge in [-0.3, -0.25) is 9.78 Å². The van der Waals surface area contributed by atoms with Crippen molar-refractivity contribution in [3.63, 3.8) is 0 Å². The van der Waals surface area contributed by atoms with Crippen LogP contribution in [0.1, 0.15) is 36.5 Å². The molecule has 0 unspecified atom stereocenters. The number of pyridine rings is 2. The van der Waals surface area contributed by atoms with E-state index in [0.29, 0.717) is 54.9 Å². The van der Waals surface area contributed by atoms with Crippen LogP contribution in [0.3, 0.4) is 0 Å². The van der Waals surface area contributed by atoms with Crippen molar-refractivity contribution in [1.29, 1.82) is 0 Å². The molecule has 0 aliphatic carbocycles. The predicted octanol–water partition coefficient (Wildman–Crippen LogP) is 5.29. The second-order valence-electron chi connectivity index (χ2n) is 8.99. The third-order valence-electron chi connectivity index (χ3n) is 6.84. The van der Waals surface area contributed by atoms with Gasteiger partial charge in [-0.2, -0.15) is 13.2 Å². The number of hydrogen-bond donors (Lipinski definition) is 1. The van der Waals surface area contributed by atoms with Gasteiger partial charge in [-0.05, 0) is 74.2 Å². The molecule has 2 aromatic heterocycles. The van der Waals surface area contributed by atoms with E-state index in [1.165, 1.54) is 25.4 Å². The largest absolute Gasteiger partial charge is 0.477 e. The highest BCUT2D eigenvalue weighted by Gasteiger charge is 2.43. The minimum absolute atomic E-state index is 0.0742. The van der Waals surface area contributed by atoms with Crippen LogP contribution in [0.25, 0.3) is 11.3 Å². The van der Waals surface area contributed by atoms with Gasteiger partial charge < -0.3 is 15.0 Å². The Hall–Kier alpha value is -3.69. The van der Waals surface area contributed by atoms with E-state index in [9.17, 15) is 18.0 Å². The molecule has 37 heavy (non-hydrogen) atoms. The van der Waals surface area contributed by atoms with Gasteiger partial charge in [-0.1, -0.05) is 0 Å². The van der Waals surface area contributed by atoms with E-state index < -0.39 is 23.0 Å². The van der Waals surface area contributed by atoms with Crippen LogP contribution in [0.4, 0.5) is 23.2 Å². The van der Waals surface area contributed by atoms with Gasteiger partial charge in [0.25, 0.3) is 0 Å². The van der Waals surface area contributed by atoms with Crippen molar-refractivity contribution in [2.75, 3.05) is 31.6 Å². The molecule has 4 rings (SSSR count). The summed E-state index contributed by atoms with van der Waals surface area (Å²) in [5, 5.41) is 2.69. The van der Waals surface area contributed by atoms with Crippen molar-refractivity contribution >= 4 is 11.6 Å². The summed E-state index contributed by atoms with van der Waals surface area (Å²) in [4.78, 5) is 23.6. The molecular formula is C27H28F4N4O2. The van der Waals surface area contributed by atoms with Crippen molar-refractivity contribution in [2.45, 2.75) is 38.3 Å². The third kappa shape index (κ3) is 5.10. The van der Waals surface area contributed by atoms with E-state index in [0.717, 1.165) is 12.1 Å². The Labute approximate surface area is 212 Å². The standard InChI is InChI=1S/C27H28F4N4O2/c1-4-37-24-20(6-5-11-33-24)23-21(28)15-19(16-34-23)26(25(36)32-3)9-12-35(13-10-26)22-8-7-18(14-17(22)2)27(29,30)31/h5-8,11,14-16H,4,9-10,12-13H2,1-3H3,(H,32,36). The number of amides is 1. The lowest BCUT2D eigenvalue weighted by Crippen LogP contribution is -2.51. The number of hydrogen-bond acceptors (Lipinski definition) is 5. The number of nitrogens with one attached hydrogen (secondary N) is 1. The molecule has 3 heterocycles. The number of anilines is 1. The normalized spacial score (nSPS) is 15.4. The van der Waals surface area contributed by atoms with E-state index in [-0.39, 0.29) is 17.5 Å². The quantitative estimate of drug-likeness (QED) is 0.451. The van der Waals surface area contributed by atoms with Gasteiger partial charge in [0.05, 0.1) is 23.1 Å². The molecule has 0 atom stereocenters. The number of alkyl halides is 3. The van der Waals surface area contributed by atoms with Crippen LogP contribution in [0, 0.1) is 12.7 Å². The van der Waals surface area contributed by atoms with Crippen LogP contribution in [-0.4, -0.2) is 42.6 Å². The first kappa shape index (κ1) is 26.4. The summed E-state index contributed by atoms with van der Waals surface area (Å²) in [5.74, 6) is -0.595. The zero-order valence-corrected chi connectivity index (χ0v) is 20.8. The summed E-state index contributed by atoms with van der Waals surface area (Å²) < 4.78 is 60.2. The molecule has 1 fully saturated rings. The smallest absolute Gasteiger partial charge is 0.416 e. The Morgan fingerprint density at radius 1 is 1.16 bits per heavy atom. The van der Waals surface area contributed by atoms with Crippen LogP contribution < -0.4 is 15.0 Å². The monoisotopic (exact) mass is 516 g/mol. The second kappa shape index (κ2) is 10.4. The number of carbonyl (C=O) groups is 1. The van der Waals surface area contributed by atoms with Crippen LogP contribution in [0.2, 0.25) is 0 Å². The Bertz CT molecular complexity index is 1290. The maximum absolute atomic E-state index is 15.4. The van der Waals surface area contributed by atoms with E-state index in [4.69, 9.17) is 4.74 Å². The number of aromatic nitrogens is 2. The Morgan fingerprint density at radius 2 is 1.89 bits per heavy atom. The lowest BCUT2D eigenvalue weighted by molar-refractivity contribution is -0.137. The summed E-state index contributed by atoms with van der Waals surface area (Å²) in [6.07, 6.45) is -0.680. The van der Waals surface area contributed by atoms with Crippen LogP contribution >= 0.6 is 0 Å². The number of nitrogens with zero attached hydrogens (tertiary/aromatic N) is 3. The summed E-state index contributed by atoms with van der Waals surface area (Å²) >= 11 is 0. The summed E-state index contributed by atoms with van der Waals surface area (Å²) in [6, 6.07) is 8.32. The zero-order valence-electron chi connectivity index (χ0n) is 20.8. The summed E-state index contributed by atoms with van der Waals surface area (Å²) in [6.45, 7) is 4.60. The van der Waals surface area contributed by atoms with Gasteiger partial charge >= 0.3 is 6.18 Å². The number of ether oxygens (including phenoxy) is 1. The Kier molecular flexibility index (Phi) is 7.38. The minimum atomic E-state index is -4.41. The highest BCUT2D eigenvalue weighted by atomic mass is 19.4. The molecular weight excluding hydrogens is 488 g/mol. The summed E-state index contributed by atoms with van der Waals surface area (Å²) in [5.41, 5.74) is 0.376. The maximum atomic E-state index is 15.4. The molecule has 0 saturated carbocycles. The lowest BCUT2D eigenvalue weighted by atomic mass is 9.72. The minimum Gasteiger partial charge on any atom is -0.477 e. The Morgan fingerprint density at radius 3 is 2.49 bits per heavy atom. The van der Waals surface area contributed by atoms with Gasteiger partial charge in [0.1, 0.15) is 11.5 Å². The van der Waals surface area contributed by atoms with Crippen LogP contribution in [0.15, 0.2) is 48.8 Å². The number of aryl methyl sites for hydroxylation is 1. The van der Waals surface area contributed by atoms with E-state index in [2.05, 4.69) is 15.3 Å². The topological polar surface area (TPSA) is 67.3 Å².